The first kappa shape index (κ1) is 19.8. The molecular weight excluding hydrogens is 367 g/mol. The van der Waals surface area contributed by atoms with E-state index in [0.717, 1.165) is 4.68 Å². The molecule has 3 N–H and O–H groups in total. The molecule has 1 aromatic heterocycles. The van der Waals surface area contributed by atoms with Gasteiger partial charge in [0.05, 0.1) is 11.1 Å². The maximum atomic E-state index is 14.3. The molecule has 0 unspecified atom stereocenters. The highest BCUT2D eigenvalue weighted by atomic mass is 35.5. The maximum absolute atomic E-state index is 14.3. The Labute approximate surface area is 154 Å². The van der Waals surface area contributed by atoms with Gasteiger partial charge in [-0.3, -0.25) is 0 Å². The largest absolute Gasteiger partial charge is 0.367 e. The zero-order chi connectivity index (χ0) is 19.6. The second-order valence-electron chi connectivity index (χ2n) is 6.03. The molecular formula is C17H19ClF3N5. The fourth-order valence-corrected chi connectivity index (χ4v) is 2.47. The number of aromatic nitrogens is 2. The van der Waals surface area contributed by atoms with Crippen molar-refractivity contribution in [3.63, 3.8) is 0 Å². The molecule has 0 aliphatic heterocycles. The average Bonchev–Trinajstić information content (AvgIpc) is 2.53. The maximum Gasteiger partial charge on any atom is 0.251 e. The molecule has 1 aromatic carbocycles. The average molecular weight is 386 g/mol. The van der Waals surface area contributed by atoms with E-state index in [1.807, 2.05) is 20.8 Å². The number of hydrogen-bond acceptors (Lipinski definition) is 4. The van der Waals surface area contributed by atoms with Crippen LogP contribution >= 0.6 is 11.6 Å². The van der Waals surface area contributed by atoms with Crippen molar-refractivity contribution < 1.29 is 13.2 Å². The Balaban J connectivity index is 2.87. The van der Waals surface area contributed by atoms with Crippen molar-refractivity contribution in [2.24, 2.45) is 10.9 Å². The Morgan fingerprint density at radius 2 is 1.81 bits per heavy atom. The quantitative estimate of drug-likeness (QED) is 0.607. The van der Waals surface area contributed by atoms with Gasteiger partial charge in [0.1, 0.15) is 28.4 Å². The van der Waals surface area contributed by atoms with Crippen LogP contribution < -0.4 is 16.8 Å². The van der Waals surface area contributed by atoms with Gasteiger partial charge in [-0.15, -0.1) is 0 Å². The molecule has 0 amide bonds. The Bertz CT molecular complexity index is 885. The molecule has 0 aliphatic carbocycles. The van der Waals surface area contributed by atoms with Crippen molar-refractivity contribution in [1.82, 2.24) is 9.66 Å². The molecule has 2 rings (SSSR count). The van der Waals surface area contributed by atoms with Gasteiger partial charge in [0.15, 0.2) is 0 Å². The first-order valence-corrected chi connectivity index (χ1v) is 8.19. The zero-order valence-corrected chi connectivity index (χ0v) is 15.3. The highest BCUT2D eigenvalue weighted by Crippen LogP contribution is 2.36. The van der Waals surface area contributed by atoms with E-state index in [2.05, 4.69) is 21.9 Å². The minimum atomic E-state index is -1.13. The van der Waals surface area contributed by atoms with Gasteiger partial charge in [0.25, 0.3) is 5.62 Å². The molecule has 0 radical (unpaired) electrons. The van der Waals surface area contributed by atoms with Crippen molar-refractivity contribution in [1.29, 1.82) is 0 Å². The minimum absolute atomic E-state index is 0.0184. The van der Waals surface area contributed by atoms with Crippen molar-refractivity contribution >= 4 is 17.4 Å². The molecule has 1 atom stereocenters. The number of halogens is 4. The van der Waals surface area contributed by atoms with E-state index in [1.54, 1.807) is 0 Å². The molecule has 5 nitrogen and oxygen atoms in total. The van der Waals surface area contributed by atoms with Crippen LogP contribution in [0.5, 0.6) is 0 Å². The molecule has 26 heavy (non-hydrogen) atoms. The van der Waals surface area contributed by atoms with Crippen LogP contribution in [0.2, 0.25) is 5.15 Å². The lowest BCUT2D eigenvalue weighted by atomic mass is 10.0. The van der Waals surface area contributed by atoms with E-state index < -0.39 is 23.0 Å². The van der Waals surface area contributed by atoms with E-state index in [9.17, 15) is 13.2 Å². The number of nitrogens with one attached hydrogen (secondary N) is 1. The van der Waals surface area contributed by atoms with Crippen molar-refractivity contribution in [2.45, 2.75) is 26.8 Å². The van der Waals surface area contributed by atoms with Crippen LogP contribution in [-0.2, 0) is 0 Å². The third-order valence-electron chi connectivity index (χ3n) is 3.93. The van der Waals surface area contributed by atoms with Gasteiger partial charge < -0.3 is 11.2 Å². The third kappa shape index (κ3) is 3.85. The summed E-state index contributed by atoms with van der Waals surface area (Å²) in [5.74, 6) is 2.99. The number of nitrogens with two attached hydrogens (primary N) is 1. The van der Waals surface area contributed by atoms with Gasteiger partial charge in [-0.25, -0.2) is 22.8 Å². The summed E-state index contributed by atoms with van der Waals surface area (Å²) < 4.78 is 43.0. The van der Waals surface area contributed by atoms with Gasteiger partial charge in [-0.05, 0) is 12.8 Å². The summed E-state index contributed by atoms with van der Waals surface area (Å²) in [4.78, 5) is 7.85. The van der Waals surface area contributed by atoms with Gasteiger partial charge in [0, 0.05) is 24.4 Å². The summed E-state index contributed by atoms with van der Waals surface area (Å²) >= 11 is 6.18. The van der Waals surface area contributed by atoms with Gasteiger partial charge in [-0.1, -0.05) is 32.0 Å². The van der Waals surface area contributed by atoms with E-state index in [-0.39, 0.29) is 34.1 Å². The monoisotopic (exact) mass is 385 g/mol. The number of nitrogens with zero attached hydrogens (tertiary/aromatic N) is 3. The number of hydrogen-bond donors (Lipinski definition) is 2. The van der Waals surface area contributed by atoms with Crippen molar-refractivity contribution in [3.8, 4) is 11.1 Å². The van der Waals surface area contributed by atoms with Crippen LogP contribution in [0.4, 0.5) is 19.0 Å². The molecule has 140 valence electrons. The minimum Gasteiger partial charge on any atom is -0.367 e. The van der Waals surface area contributed by atoms with E-state index in [4.69, 9.17) is 17.4 Å². The number of nitrogen functional groups attached to an aromatic ring is 1. The molecule has 0 aliphatic rings. The molecule has 1 heterocycles. The first-order valence-electron chi connectivity index (χ1n) is 7.81. The smallest absolute Gasteiger partial charge is 0.251 e. The Morgan fingerprint density at radius 1 is 1.23 bits per heavy atom. The topological polar surface area (TPSA) is 68.2 Å². The zero-order valence-electron chi connectivity index (χ0n) is 14.5. The van der Waals surface area contributed by atoms with Gasteiger partial charge in [-0.2, -0.15) is 4.98 Å². The number of rotatable bonds is 5. The predicted octanol–water partition coefficient (Wildman–Crippen LogP) is 3.84. The van der Waals surface area contributed by atoms with Crippen LogP contribution in [0.3, 0.4) is 0 Å². The highest BCUT2D eigenvalue weighted by Gasteiger charge is 2.24. The summed E-state index contributed by atoms with van der Waals surface area (Å²) in [7, 11) is 0. The van der Waals surface area contributed by atoms with Crippen LogP contribution in [-0.4, -0.2) is 15.7 Å². The predicted molar refractivity (Wildman–Crippen MR) is 96.4 cm³/mol. The van der Waals surface area contributed by atoms with Crippen molar-refractivity contribution in [3.05, 3.63) is 53.1 Å². The van der Waals surface area contributed by atoms with E-state index >= 15 is 0 Å². The summed E-state index contributed by atoms with van der Waals surface area (Å²) in [5.41, 5.74) is -0.679. The molecule has 0 fully saturated rings. The SMILES string of the molecule is C=C/N=c1/nc(Cl)c(-c2c(F)cc(F)cc2F)c(N[C@H](C)C(C)C)n1N. The first-order chi connectivity index (χ1) is 12.2. The van der Waals surface area contributed by atoms with Crippen LogP contribution in [0.25, 0.3) is 11.1 Å². The molecule has 9 heteroatoms. The Hall–Kier alpha value is -2.48. The Kier molecular flexibility index (Phi) is 5.97. The normalized spacial score (nSPS) is 13.2. The molecule has 0 saturated heterocycles. The fourth-order valence-electron chi connectivity index (χ4n) is 2.22. The second-order valence-corrected chi connectivity index (χ2v) is 6.39. The highest BCUT2D eigenvalue weighted by molar-refractivity contribution is 6.32. The second kappa shape index (κ2) is 7.82. The lowest BCUT2D eigenvalue weighted by Crippen LogP contribution is -2.36. The standard InChI is InChI=1S/C17H19ClF3N5/c1-5-23-17-25-15(18)14(13-11(20)6-10(19)7-12(13)21)16(26(17)22)24-9(4)8(2)3/h5-9,24H,1,22H2,2-4H3/b23-17-/t9-/m1/s1. The summed E-state index contributed by atoms with van der Waals surface area (Å²) in [5, 5.41) is 2.84. The van der Waals surface area contributed by atoms with Crippen molar-refractivity contribution in [2.75, 3.05) is 11.2 Å². The fraction of sp³-hybridized carbons (Fsp3) is 0.294. The third-order valence-corrected chi connectivity index (χ3v) is 4.20. The van der Waals surface area contributed by atoms with Gasteiger partial charge >= 0.3 is 0 Å². The number of anilines is 1. The summed E-state index contributed by atoms with van der Waals surface area (Å²) in [6, 6.07) is 0.991. The molecule has 0 bridgehead atoms. The van der Waals surface area contributed by atoms with E-state index in [1.165, 1.54) is 6.20 Å². The van der Waals surface area contributed by atoms with Crippen LogP contribution in [0.15, 0.2) is 29.9 Å². The van der Waals surface area contributed by atoms with Crippen LogP contribution in [0, 0.1) is 23.4 Å². The van der Waals surface area contributed by atoms with E-state index in [0.29, 0.717) is 12.1 Å². The Morgan fingerprint density at radius 3 is 2.31 bits per heavy atom. The van der Waals surface area contributed by atoms with Crippen LogP contribution in [0.1, 0.15) is 20.8 Å². The molecule has 0 spiro atoms. The lowest BCUT2D eigenvalue weighted by molar-refractivity contribution is 0.546. The lowest BCUT2D eigenvalue weighted by Gasteiger charge is -2.23. The number of benzene rings is 1. The molecule has 2 aromatic rings. The summed E-state index contributed by atoms with van der Waals surface area (Å²) in [6.07, 6.45) is 1.20. The van der Waals surface area contributed by atoms with Gasteiger partial charge in [0.2, 0.25) is 0 Å². The molecule has 0 saturated carbocycles. The summed E-state index contributed by atoms with van der Waals surface area (Å²) in [6.45, 7) is 9.24.